The van der Waals surface area contributed by atoms with E-state index in [1.807, 2.05) is 22.7 Å². The molecule has 0 aliphatic heterocycles. The molecule has 0 unspecified atom stereocenters. The van der Waals surface area contributed by atoms with Gasteiger partial charge in [0.05, 0.1) is 0 Å². The first-order valence-corrected chi connectivity index (χ1v) is 21.5. The highest BCUT2D eigenvalue weighted by Gasteiger charge is 2.20. The maximum absolute atomic E-state index is 2.42. The Bertz CT molecular complexity index is 3150. The summed E-state index contributed by atoms with van der Waals surface area (Å²) in [4.78, 5) is 7.09. The lowest BCUT2D eigenvalue weighted by molar-refractivity contribution is 1.25. The number of thiophene rings is 2. The summed E-state index contributed by atoms with van der Waals surface area (Å²) in [5.74, 6) is 0. The second-order valence-corrected chi connectivity index (χ2v) is 16.8. The largest absolute Gasteiger partial charge is 0.310 e. The van der Waals surface area contributed by atoms with Crippen molar-refractivity contribution in [2.75, 3.05) is 14.7 Å². The first kappa shape index (κ1) is 35.0. The fourth-order valence-corrected chi connectivity index (χ4v) is 10.6. The Hall–Kier alpha value is -7.18. The lowest BCUT2D eigenvalue weighted by Crippen LogP contribution is -2.13. The molecule has 2 heterocycles. The lowest BCUT2D eigenvalue weighted by atomic mass is 10.1. The molecule has 0 saturated heterocycles. The number of nitrogens with zero attached hydrogens (tertiary/aromatic N) is 3. The van der Waals surface area contributed by atoms with Gasteiger partial charge in [0, 0.05) is 91.5 Å². The van der Waals surface area contributed by atoms with Crippen LogP contribution < -0.4 is 14.7 Å². The third-order valence-corrected chi connectivity index (χ3v) is 13.2. The van der Waals surface area contributed by atoms with Gasteiger partial charge in [0.15, 0.2) is 0 Å². The normalized spacial score (nSPS) is 11.4. The summed E-state index contributed by atoms with van der Waals surface area (Å²) in [5, 5.41) is 5.11. The SMILES string of the molecule is c1ccc(N(c2ccccc2)c2cccc(N(c3ccc4c(c3)sc3ccccc34)c3ccc4c(c3)sc3ccc(N(c5ccccc5)c5ccccc5)cc34)c2)cc1. The molecule has 0 saturated carbocycles. The van der Waals surface area contributed by atoms with Gasteiger partial charge in [0.25, 0.3) is 0 Å². The van der Waals surface area contributed by atoms with E-state index in [2.05, 4.69) is 239 Å². The molecule has 2 aromatic heterocycles. The molecule has 11 rings (SSSR count). The number of benzene rings is 9. The standard InChI is InChI=1S/C54H37N3S2/c1-5-16-38(17-6-1)55(39-18-7-2-8-19-39)42-24-15-25-43(34-42)57(45-28-31-48-47-26-13-14-27-51(47)58-53(48)36-45)46-29-32-49-50-35-44(30-33-52(50)59-54(49)37-46)56(40-20-9-3-10-21-40)41-22-11-4-12-23-41/h1-37H. The fraction of sp³-hybridized carbons (Fsp3) is 0. The number of rotatable bonds is 9. The minimum absolute atomic E-state index is 1.09. The zero-order valence-corrected chi connectivity index (χ0v) is 33.7. The second-order valence-electron chi connectivity index (χ2n) is 14.6. The summed E-state index contributed by atoms with van der Waals surface area (Å²) in [7, 11) is 0. The monoisotopic (exact) mass is 791 g/mol. The molecule has 9 aromatic carbocycles. The molecule has 59 heavy (non-hydrogen) atoms. The smallest absolute Gasteiger partial charge is 0.0482 e. The van der Waals surface area contributed by atoms with Gasteiger partial charge in [-0.05, 0) is 115 Å². The highest BCUT2D eigenvalue weighted by molar-refractivity contribution is 7.26. The number of fused-ring (bicyclic) bond motifs is 6. The first-order valence-electron chi connectivity index (χ1n) is 19.8. The molecule has 0 bridgehead atoms. The van der Waals surface area contributed by atoms with Crippen LogP contribution in [0.2, 0.25) is 0 Å². The highest BCUT2D eigenvalue weighted by atomic mass is 32.1. The molecule has 0 N–H and O–H groups in total. The van der Waals surface area contributed by atoms with Crippen LogP contribution in [0.4, 0.5) is 51.2 Å². The maximum Gasteiger partial charge on any atom is 0.0482 e. The van der Waals surface area contributed by atoms with Gasteiger partial charge >= 0.3 is 0 Å². The summed E-state index contributed by atoms with van der Waals surface area (Å²) in [6, 6.07) is 81.0. The molecule has 0 spiro atoms. The average Bonchev–Trinajstić information content (AvgIpc) is 3.86. The molecule has 3 nitrogen and oxygen atoms in total. The molecule has 0 fully saturated rings. The van der Waals surface area contributed by atoms with Crippen LogP contribution in [-0.4, -0.2) is 0 Å². The lowest BCUT2D eigenvalue weighted by Gasteiger charge is -2.29. The van der Waals surface area contributed by atoms with E-state index in [4.69, 9.17) is 0 Å². The van der Waals surface area contributed by atoms with Crippen molar-refractivity contribution in [2.24, 2.45) is 0 Å². The molecule has 0 amide bonds. The molecule has 0 aliphatic carbocycles. The van der Waals surface area contributed by atoms with Crippen LogP contribution in [0.15, 0.2) is 224 Å². The molecule has 0 atom stereocenters. The third-order valence-electron chi connectivity index (χ3n) is 11.0. The minimum Gasteiger partial charge on any atom is -0.310 e. The van der Waals surface area contributed by atoms with E-state index in [0.717, 1.165) is 51.2 Å². The summed E-state index contributed by atoms with van der Waals surface area (Å²) < 4.78 is 5.10. The van der Waals surface area contributed by atoms with Crippen LogP contribution in [0.5, 0.6) is 0 Å². The van der Waals surface area contributed by atoms with Crippen molar-refractivity contribution >= 4 is 114 Å². The van der Waals surface area contributed by atoms with E-state index in [0.29, 0.717) is 0 Å². The van der Waals surface area contributed by atoms with Crippen LogP contribution in [0, 0.1) is 0 Å². The third kappa shape index (κ3) is 6.47. The minimum atomic E-state index is 1.09. The van der Waals surface area contributed by atoms with Crippen molar-refractivity contribution in [3.05, 3.63) is 224 Å². The van der Waals surface area contributed by atoms with Gasteiger partial charge in [-0.25, -0.2) is 0 Å². The van der Waals surface area contributed by atoms with E-state index < -0.39 is 0 Å². The van der Waals surface area contributed by atoms with Gasteiger partial charge in [-0.15, -0.1) is 22.7 Å². The van der Waals surface area contributed by atoms with E-state index in [1.165, 1.54) is 40.3 Å². The van der Waals surface area contributed by atoms with Crippen LogP contribution in [-0.2, 0) is 0 Å². The first-order chi connectivity index (χ1) is 29.2. The second kappa shape index (κ2) is 15.0. The highest BCUT2D eigenvalue weighted by Crippen LogP contribution is 2.46. The van der Waals surface area contributed by atoms with E-state index in [1.54, 1.807) is 0 Å². The van der Waals surface area contributed by atoms with Crippen molar-refractivity contribution in [3.63, 3.8) is 0 Å². The Balaban J connectivity index is 1.07. The Morgan fingerprint density at radius 2 is 0.542 bits per heavy atom. The topological polar surface area (TPSA) is 9.72 Å². The van der Waals surface area contributed by atoms with Crippen molar-refractivity contribution < 1.29 is 0 Å². The summed E-state index contributed by atoms with van der Waals surface area (Å²) in [5.41, 5.74) is 10.0. The van der Waals surface area contributed by atoms with Crippen molar-refractivity contribution in [1.82, 2.24) is 0 Å². The molecule has 0 radical (unpaired) electrons. The van der Waals surface area contributed by atoms with E-state index in [9.17, 15) is 0 Å². The van der Waals surface area contributed by atoms with E-state index in [-0.39, 0.29) is 0 Å². The molecular weight excluding hydrogens is 755 g/mol. The van der Waals surface area contributed by atoms with Crippen LogP contribution >= 0.6 is 22.7 Å². The predicted octanol–water partition coefficient (Wildman–Crippen LogP) is 16.8. The summed E-state index contributed by atoms with van der Waals surface area (Å²) >= 11 is 3.71. The van der Waals surface area contributed by atoms with Crippen LogP contribution in [0.25, 0.3) is 40.3 Å². The fourth-order valence-electron chi connectivity index (χ4n) is 8.31. The summed E-state index contributed by atoms with van der Waals surface area (Å²) in [6.45, 7) is 0. The van der Waals surface area contributed by atoms with Crippen molar-refractivity contribution in [3.8, 4) is 0 Å². The maximum atomic E-state index is 2.42. The van der Waals surface area contributed by atoms with E-state index >= 15 is 0 Å². The number of para-hydroxylation sites is 4. The number of hydrogen-bond acceptors (Lipinski definition) is 5. The van der Waals surface area contributed by atoms with Gasteiger partial charge in [0.1, 0.15) is 0 Å². The number of hydrogen-bond donors (Lipinski definition) is 0. The average molecular weight is 792 g/mol. The Labute approximate surface area is 351 Å². The van der Waals surface area contributed by atoms with Gasteiger partial charge < -0.3 is 14.7 Å². The van der Waals surface area contributed by atoms with Gasteiger partial charge in [-0.3, -0.25) is 0 Å². The Morgan fingerprint density at radius 1 is 0.203 bits per heavy atom. The molecular formula is C54H37N3S2. The Morgan fingerprint density at radius 3 is 1.05 bits per heavy atom. The molecule has 5 heteroatoms. The van der Waals surface area contributed by atoms with Gasteiger partial charge in [-0.2, -0.15) is 0 Å². The van der Waals surface area contributed by atoms with Gasteiger partial charge in [-0.1, -0.05) is 109 Å². The quantitative estimate of drug-likeness (QED) is 0.144. The van der Waals surface area contributed by atoms with Crippen molar-refractivity contribution in [1.29, 1.82) is 0 Å². The summed E-state index contributed by atoms with van der Waals surface area (Å²) in [6.07, 6.45) is 0. The van der Waals surface area contributed by atoms with Crippen molar-refractivity contribution in [2.45, 2.75) is 0 Å². The van der Waals surface area contributed by atoms with Crippen LogP contribution in [0.3, 0.4) is 0 Å². The number of anilines is 9. The Kier molecular flexibility index (Phi) is 8.88. The van der Waals surface area contributed by atoms with Crippen LogP contribution in [0.1, 0.15) is 0 Å². The zero-order valence-electron chi connectivity index (χ0n) is 32.0. The predicted molar refractivity (Wildman–Crippen MR) is 256 cm³/mol. The molecule has 11 aromatic rings. The zero-order chi connectivity index (χ0) is 39.1. The molecule has 0 aliphatic rings. The molecule has 280 valence electrons. The van der Waals surface area contributed by atoms with Gasteiger partial charge in [0.2, 0.25) is 0 Å².